The number of hydrogen-bond donors (Lipinski definition) is 3. The molecule has 1 aliphatic rings. The molecule has 8 heteroatoms. The number of aromatic hydroxyl groups is 1. The van der Waals surface area contributed by atoms with Gasteiger partial charge in [-0.3, -0.25) is 10.1 Å². The number of ether oxygens (including phenoxy) is 1. The summed E-state index contributed by atoms with van der Waals surface area (Å²) in [4.78, 5) is 27.3. The van der Waals surface area contributed by atoms with Crippen LogP contribution < -0.4 is 10.6 Å². The first-order valence-corrected chi connectivity index (χ1v) is 14.6. The number of phenolic OH excluding ortho intramolecular Hbond substituents is 1. The van der Waals surface area contributed by atoms with Crippen LogP contribution in [0.2, 0.25) is 5.02 Å². The SMILES string of the molecule is C=C/C=C\C(=C)C(=C)/C(=C\C=C)NC(=O)OC1CCN(CCc2ccc(CCNC(=O)c3ccc(O)c(Cl)c3)cc2)CC1. The molecule has 0 unspecified atom stereocenters. The molecule has 0 radical (unpaired) electrons. The van der Waals surface area contributed by atoms with Crippen molar-refractivity contribution in [2.45, 2.75) is 31.8 Å². The summed E-state index contributed by atoms with van der Waals surface area (Å²) in [6.45, 7) is 18.5. The van der Waals surface area contributed by atoms with E-state index < -0.39 is 6.09 Å². The minimum absolute atomic E-state index is 0.0493. The van der Waals surface area contributed by atoms with Gasteiger partial charge in [0.05, 0.1) is 10.7 Å². The molecule has 1 saturated heterocycles. The summed E-state index contributed by atoms with van der Waals surface area (Å²) in [5.41, 5.74) is 4.50. The zero-order valence-electron chi connectivity index (χ0n) is 24.5. The molecule has 3 N–H and O–H groups in total. The topological polar surface area (TPSA) is 90.9 Å². The molecule has 1 heterocycles. The first-order chi connectivity index (χ1) is 20.7. The lowest BCUT2D eigenvalue weighted by molar-refractivity contribution is 0.0527. The Bertz CT molecular complexity index is 1390. The van der Waals surface area contributed by atoms with E-state index in [2.05, 4.69) is 66.1 Å². The van der Waals surface area contributed by atoms with Gasteiger partial charge in [-0.1, -0.05) is 86.5 Å². The minimum atomic E-state index is -0.516. The van der Waals surface area contributed by atoms with E-state index in [1.54, 1.807) is 30.4 Å². The third-order valence-corrected chi connectivity index (χ3v) is 7.43. The van der Waals surface area contributed by atoms with E-state index in [9.17, 15) is 14.7 Å². The van der Waals surface area contributed by atoms with Gasteiger partial charge < -0.3 is 20.1 Å². The molecule has 0 saturated carbocycles. The Morgan fingerprint density at radius 2 is 1.70 bits per heavy atom. The molecule has 1 fully saturated rings. The Morgan fingerprint density at radius 3 is 2.33 bits per heavy atom. The predicted octanol–water partition coefficient (Wildman–Crippen LogP) is 6.68. The molecular weight excluding hydrogens is 562 g/mol. The summed E-state index contributed by atoms with van der Waals surface area (Å²) in [6, 6.07) is 12.8. The van der Waals surface area contributed by atoms with Crippen LogP contribution in [0.25, 0.3) is 0 Å². The van der Waals surface area contributed by atoms with Crippen LogP contribution in [0, 0.1) is 0 Å². The number of halogens is 1. The Hall–Kier alpha value is -4.33. The molecule has 0 aliphatic carbocycles. The van der Waals surface area contributed by atoms with Crippen molar-refractivity contribution < 1.29 is 19.4 Å². The zero-order chi connectivity index (χ0) is 31.2. The fourth-order valence-electron chi connectivity index (χ4n) is 4.57. The Labute approximate surface area is 259 Å². The van der Waals surface area contributed by atoms with Crippen molar-refractivity contribution >= 4 is 23.6 Å². The van der Waals surface area contributed by atoms with Crippen molar-refractivity contribution in [3.8, 4) is 5.75 Å². The maximum atomic E-state index is 12.6. The van der Waals surface area contributed by atoms with Crippen molar-refractivity contribution in [2.75, 3.05) is 26.2 Å². The minimum Gasteiger partial charge on any atom is -0.506 e. The van der Waals surface area contributed by atoms with Gasteiger partial charge in [0.1, 0.15) is 11.9 Å². The van der Waals surface area contributed by atoms with Crippen LogP contribution >= 0.6 is 11.6 Å². The number of nitrogens with zero attached hydrogens (tertiary/aromatic N) is 1. The van der Waals surface area contributed by atoms with Gasteiger partial charge in [0, 0.05) is 31.7 Å². The number of hydrogen-bond acceptors (Lipinski definition) is 5. The van der Waals surface area contributed by atoms with Gasteiger partial charge in [-0.2, -0.15) is 0 Å². The van der Waals surface area contributed by atoms with E-state index in [4.69, 9.17) is 16.3 Å². The molecule has 7 nitrogen and oxygen atoms in total. The number of alkyl carbamates (subject to hydrolysis) is 1. The second-order valence-corrected chi connectivity index (χ2v) is 10.6. The number of rotatable bonds is 14. The summed E-state index contributed by atoms with van der Waals surface area (Å²) >= 11 is 5.89. The van der Waals surface area contributed by atoms with Crippen molar-refractivity contribution in [1.82, 2.24) is 15.5 Å². The largest absolute Gasteiger partial charge is 0.506 e. The number of benzene rings is 2. The van der Waals surface area contributed by atoms with E-state index in [0.717, 1.165) is 44.5 Å². The average molecular weight is 602 g/mol. The number of carbonyl (C=O) groups is 2. The second-order valence-electron chi connectivity index (χ2n) is 10.2. The summed E-state index contributed by atoms with van der Waals surface area (Å²) in [7, 11) is 0. The normalized spacial score (nSPS) is 14.2. The lowest BCUT2D eigenvalue weighted by Crippen LogP contribution is -2.40. The number of carbonyl (C=O) groups excluding carboxylic acids is 2. The van der Waals surface area contributed by atoms with E-state index in [1.165, 1.54) is 23.8 Å². The Morgan fingerprint density at radius 1 is 1.02 bits per heavy atom. The number of nitrogens with one attached hydrogen (secondary N) is 2. The fraction of sp³-hybridized carbons (Fsp3) is 0.257. The highest BCUT2D eigenvalue weighted by Gasteiger charge is 2.23. The molecule has 2 amide bonds. The third kappa shape index (κ3) is 10.8. The predicted molar refractivity (Wildman–Crippen MR) is 174 cm³/mol. The molecule has 226 valence electrons. The summed E-state index contributed by atoms with van der Waals surface area (Å²) in [6.07, 6.45) is 10.9. The Kier molecular flexibility index (Phi) is 13.1. The van der Waals surface area contributed by atoms with Crippen LogP contribution in [0.4, 0.5) is 4.79 Å². The van der Waals surface area contributed by atoms with Gasteiger partial charge in [-0.25, -0.2) is 4.79 Å². The zero-order valence-corrected chi connectivity index (χ0v) is 25.2. The summed E-state index contributed by atoms with van der Waals surface area (Å²) in [5.74, 6) is -0.279. The highest BCUT2D eigenvalue weighted by molar-refractivity contribution is 6.32. The highest BCUT2D eigenvalue weighted by Crippen LogP contribution is 2.23. The van der Waals surface area contributed by atoms with Crippen molar-refractivity contribution in [3.05, 3.63) is 138 Å². The van der Waals surface area contributed by atoms with E-state index >= 15 is 0 Å². The lowest BCUT2D eigenvalue weighted by atomic mass is 10.0. The molecule has 2 aromatic carbocycles. The molecule has 0 aromatic heterocycles. The van der Waals surface area contributed by atoms with E-state index in [0.29, 0.717) is 35.4 Å². The van der Waals surface area contributed by atoms with Crippen LogP contribution in [0.1, 0.15) is 34.3 Å². The average Bonchev–Trinajstić information content (AvgIpc) is 3.00. The van der Waals surface area contributed by atoms with E-state index in [-0.39, 0.29) is 22.8 Å². The number of amides is 2. The quantitative estimate of drug-likeness (QED) is 0.210. The first-order valence-electron chi connectivity index (χ1n) is 14.2. The van der Waals surface area contributed by atoms with Crippen LogP contribution in [-0.2, 0) is 17.6 Å². The van der Waals surface area contributed by atoms with Crippen LogP contribution in [0.3, 0.4) is 0 Å². The monoisotopic (exact) mass is 601 g/mol. The van der Waals surface area contributed by atoms with Gasteiger partial charge in [-0.05, 0) is 72.2 Å². The maximum Gasteiger partial charge on any atom is 0.411 e. The fourth-order valence-corrected chi connectivity index (χ4v) is 4.75. The molecule has 43 heavy (non-hydrogen) atoms. The molecule has 0 atom stereocenters. The van der Waals surface area contributed by atoms with Crippen LogP contribution in [0.5, 0.6) is 5.75 Å². The van der Waals surface area contributed by atoms with Crippen molar-refractivity contribution in [3.63, 3.8) is 0 Å². The van der Waals surface area contributed by atoms with Gasteiger partial charge >= 0.3 is 6.09 Å². The third-order valence-electron chi connectivity index (χ3n) is 7.12. The first kappa shape index (κ1) is 33.2. The van der Waals surface area contributed by atoms with Crippen LogP contribution in [0.15, 0.2) is 116 Å². The second kappa shape index (κ2) is 16.9. The number of likely N-dealkylation sites (tertiary alicyclic amines) is 1. The molecule has 1 aliphatic heterocycles. The maximum absolute atomic E-state index is 12.6. The molecule has 3 rings (SSSR count). The van der Waals surface area contributed by atoms with Gasteiger partial charge in [0.25, 0.3) is 5.91 Å². The summed E-state index contributed by atoms with van der Waals surface area (Å²) in [5, 5.41) is 15.3. The molecule has 0 spiro atoms. The van der Waals surface area contributed by atoms with E-state index in [1.807, 2.05) is 0 Å². The van der Waals surface area contributed by atoms with Crippen molar-refractivity contribution in [1.29, 1.82) is 0 Å². The highest BCUT2D eigenvalue weighted by atomic mass is 35.5. The number of piperidine rings is 1. The Balaban J connectivity index is 1.36. The van der Waals surface area contributed by atoms with Gasteiger partial charge in [-0.15, -0.1) is 0 Å². The number of phenols is 1. The van der Waals surface area contributed by atoms with Gasteiger partial charge in [0.2, 0.25) is 0 Å². The van der Waals surface area contributed by atoms with Crippen LogP contribution in [-0.4, -0.2) is 54.3 Å². The van der Waals surface area contributed by atoms with Crippen molar-refractivity contribution in [2.24, 2.45) is 0 Å². The molecule has 2 aromatic rings. The number of allylic oxidation sites excluding steroid dienone is 6. The molecule has 0 bridgehead atoms. The standard InChI is InChI=1S/C35H40ClN3O4/c1-5-7-9-25(3)26(4)32(8-6-2)38-35(42)43-30-18-22-39(23-19-30)21-17-28-12-10-27(11-13-28)16-20-37-34(41)29-14-15-33(40)31(36)24-29/h5-15,24,30,40H,1-4,16-23H2,(H,37,41)(H,38,42)/b9-7-,32-8+. The summed E-state index contributed by atoms with van der Waals surface area (Å²) < 4.78 is 5.69. The molecular formula is C35H40ClN3O4. The smallest absolute Gasteiger partial charge is 0.411 e. The lowest BCUT2D eigenvalue weighted by Gasteiger charge is -2.31. The van der Waals surface area contributed by atoms with Gasteiger partial charge in [0.15, 0.2) is 0 Å².